The fourth-order valence-corrected chi connectivity index (χ4v) is 7.38. The molecule has 0 amide bonds. The maximum absolute atomic E-state index is 15.0. The Morgan fingerprint density at radius 3 is 1.33 bits per heavy atom. The van der Waals surface area contributed by atoms with Crippen LogP contribution in [0.15, 0.2) is 34.1 Å². The predicted octanol–water partition coefficient (Wildman–Crippen LogP) is 3.09. The summed E-state index contributed by atoms with van der Waals surface area (Å²) in [5.74, 6) is -3.09. The van der Waals surface area contributed by atoms with E-state index in [0.29, 0.717) is 60.1 Å². The molecule has 0 bridgehead atoms. The van der Waals surface area contributed by atoms with Gasteiger partial charge in [0.05, 0.1) is 33.9 Å². The minimum Gasteiger partial charge on any atom is -0.487 e. The molecule has 0 aliphatic carbocycles. The summed E-state index contributed by atoms with van der Waals surface area (Å²) in [6, 6.07) is 1.99. The molecule has 2 aromatic carbocycles. The SMILES string of the molecule is CC1COc2c(N3CCN(C)CC3)c(F)cc3c(=O)c(C(=O)O)cn1c23.C[C@H]1COc2c(N3CCN(C)CC3)c(F)cc3c(=O)c(C(=O)O)cn1c23. The summed E-state index contributed by atoms with van der Waals surface area (Å²) in [5, 5.41) is 18.7. The Balaban J connectivity index is 0.000000162. The highest BCUT2D eigenvalue weighted by Crippen LogP contribution is 2.43. The first-order chi connectivity index (χ1) is 24.8. The first-order valence-electron chi connectivity index (χ1n) is 17.2. The standard InChI is InChI=1S/2C18H20FN3O4/c2*1-10-9-26-17-14-11(16(23)12(18(24)25)8-22(10)14)7-13(19)15(17)21-5-3-20(2)4-6-21/h2*7-8,10H,3-6,9H2,1-2H3,(H,24,25)/t10-;/m0./s1. The summed E-state index contributed by atoms with van der Waals surface area (Å²) in [7, 11) is 4.03. The third kappa shape index (κ3) is 5.88. The number of ether oxygens (including phenoxy) is 2. The molecule has 1 unspecified atom stereocenters. The van der Waals surface area contributed by atoms with Crippen molar-refractivity contribution < 1.29 is 38.1 Å². The zero-order chi connectivity index (χ0) is 37.2. The van der Waals surface area contributed by atoms with Crippen molar-refractivity contribution in [2.45, 2.75) is 25.9 Å². The minimum absolute atomic E-state index is 0.0434. The smallest absolute Gasteiger partial charge is 0.341 e. The third-order valence-corrected chi connectivity index (χ3v) is 10.4. The fourth-order valence-electron chi connectivity index (χ4n) is 7.38. The quantitative estimate of drug-likeness (QED) is 0.319. The first-order valence-corrected chi connectivity index (χ1v) is 17.2. The summed E-state index contributed by atoms with van der Waals surface area (Å²) in [6.45, 7) is 10.2. The molecule has 14 nitrogen and oxygen atoms in total. The van der Waals surface area contributed by atoms with Crippen LogP contribution in [0.25, 0.3) is 21.8 Å². The van der Waals surface area contributed by atoms with Crippen LogP contribution in [0.5, 0.6) is 11.5 Å². The van der Waals surface area contributed by atoms with E-state index in [2.05, 4.69) is 9.80 Å². The highest BCUT2D eigenvalue weighted by Gasteiger charge is 2.33. The number of likely N-dealkylation sites (N-methyl/N-ethyl adjacent to an activating group) is 2. The lowest BCUT2D eigenvalue weighted by atomic mass is 10.1. The lowest BCUT2D eigenvalue weighted by Gasteiger charge is -2.37. The van der Waals surface area contributed by atoms with Crippen LogP contribution in [-0.2, 0) is 0 Å². The molecular weight excluding hydrogens is 682 g/mol. The second-order valence-corrected chi connectivity index (χ2v) is 13.9. The van der Waals surface area contributed by atoms with Crippen LogP contribution in [0.2, 0.25) is 0 Å². The number of halogens is 2. The molecule has 4 aliphatic heterocycles. The second-order valence-electron chi connectivity index (χ2n) is 13.9. The molecule has 4 aromatic rings. The van der Waals surface area contributed by atoms with Gasteiger partial charge in [0.1, 0.15) is 35.7 Å². The van der Waals surface area contributed by atoms with E-state index < -0.39 is 34.4 Å². The molecule has 2 saturated heterocycles. The number of benzene rings is 2. The number of carbonyl (C=O) groups is 2. The van der Waals surface area contributed by atoms with E-state index in [9.17, 15) is 38.2 Å². The van der Waals surface area contributed by atoms with E-state index >= 15 is 0 Å². The van der Waals surface area contributed by atoms with Gasteiger partial charge in [-0.3, -0.25) is 9.59 Å². The van der Waals surface area contributed by atoms with Crippen molar-refractivity contribution in [3.8, 4) is 11.5 Å². The molecule has 6 heterocycles. The van der Waals surface area contributed by atoms with Gasteiger partial charge >= 0.3 is 11.9 Å². The number of aromatic nitrogens is 2. The number of hydrogen-bond donors (Lipinski definition) is 2. The van der Waals surface area contributed by atoms with E-state index in [1.165, 1.54) is 12.4 Å². The zero-order valence-electron chi connectivity index (χ0n) is 29.3. The summed E-state index contributed by atoms with van der Waals surface area (Å²) < 4.78 is 45.1. The molecule has 2 atom stereocenters. The Labute approximate surface area is 296 Å². The molecule has 276 valence electrons. The maximum atomic E-state index is 15.0. The molecule has 0 saturated carbocycles. The van der Waals surface area contributed by atoms with Crippen molar-refractivity contribution in [2.24, 2.45) is 0 Å². The molecule has 16 heteroatoms. The van der Waals surface area contributed by atoms with Gasteiger partial charge in [-0.15, -0.1) is 0 Å². The van der Waals surface area contributed by atoms with Crippen molar-refractivity contribution >= 4 is 45.1 Å². The van der Waals surface area contributed by atoms with Crippen molar-refractivity contribution in [1.29, 1.82) is 0 Å². The van der Waals surface area contributed by atoms with Gasteiger partial charge in [0.2, 0.25) is 10.9 Å². The van der Waals surface area contributed by atoms with Gasteiger partial charge < -0.3 is 48.4 Å². The molecule has 52 heavy (non-hydrogen) atoms. The number of nitrogens with zero attached hydrogens (tertiary/aromatic N) is 6. The molecule has 4 aliphatic rings. The summed E-state index contributed by atoms with van der Waals surface area (Å²) >= 11 is 0. The van der Waals surface area contributed by atoms with Gasteiger partial charge in [0.15, 0.2) is 23.1 Å². The summed E-state index contributed by atoms with van der Waals surface area (Å²) in [5.41, 5.74) is -0.448. The Hall–Kier alpha value is -5.22. The van der Waals surface area contributed by atoms with Crippen LogP contribution < -0.4 is 30.1 Å². The number of aromatic carboxylic acids is 2. The van der Waals surface area contributed by atoms with E-state index in [1.54, 1.807) is 9.13 Å². The second kappa shape index (κ2) is 13.4. The molecule has 0 radical (unpaired) electrons. The van der Waals surface area contributed by atoms with Crippen molar-refractivity contribution in [2.75, 3.05) is 89.5 Å². The van der Waals surface area contributed by atoms with Crippen LogP contribution >= 0.6 is 0 Å². The van der Waals surface area contributed by atoms with E-state index in [-0.39, 0.29) is 47.2 Å². The Kier molecular flexibility index (Phi) is 9.07. The van der Waals surface area contributed by atoms with Crippen LogP contribution in [0, 0.1) is 11.6 Å². The normalized spacial score (nSPS) is 20.3. The highest BCUT2D eigenvalue weighted by molar-refractivity contribution is 5.98. The molecule has 2 fully saturated rings. The number of rotatable bonds is 4. The lowest BCUT2D eigenvalue weighted by Crippen LogP contribution is -2.45. The number of piperazine rings is 2. The van der Waals surface area contributed by atoms with Crippen LogP contribution in [-0.4, -0.2) is 121 Å². The predicted molar refractivity (Wildman–Crippen MR) is 190 cm³/mol. The Bertz CT molecular complexity index is 2080. The largest absolute Gasteiger partial charge is 0.487 e. The third-order valence-electron chi connectivity index (χ3n) is 10.4. The minimum atomic E-state index is -1.32. The average Bonchev–Trinajstić information content (AvgIpc) is 3.10. The zero-order valence-corrected chi connectivity index (χ0v) is 29.3. The van der Waals surface area contributed by atoms with Gasteiger partial charge in [-0.2, -0.15) is 0 Å². The number of pyridine rings is 2. The summed E-state index contributed by atoms with van der Waals surface area (Å²) in [6.07, 6.45) is 2.69. The van der Waals surface area contributed by atoms with E-state index in [1.807, 2.05) is 37.7 Å². The summed E-state index contributed by atoms with van der Waals surface area (Å²) in [4.78, 5) is 56.2. The van der Waals surface area contributed by atoms with E-state index in [4.69, 9.17) is 9.47 Å². The number of carboxylic acids is 2. The van der Waals surface area contributed by atoms with Crippen molar-refractivity contribution in [3.63, 3.8) is 0 Å². The monoisotopic (exact) mass is 722 g/mol. The van der Waals surface area contributed by atoms with Crippen molar-refractivity contribution in [3.05, 3.63) is 67.7 Å². The molecule has 8 rings (SSSR count). The topological polar surface area (TPSA) is 150 Å². The van der Waals surface area contributed by atoms with Gasteiger partial charge in [-0.05, 0) is 40.1 Å². The van der Waals surface area contributed by atoms with Gasteiger partial charge in [-0.25, -0.2) is 18.4 Å². The van der Waals surface area contributed by atoms with Gasteiger partial charge in [-0.1, -0.05) is 0 Å². The Morgan fingerprint density at radius 2 is 1.00 bits per heavy atom. The fraction of sp³-hybridized carbons (Fsp3) is 0.444. The number of anilines is 2. The number of carboxylic acid groups (broad SMARTS) is 2. The molecule has 0 spiro atoms. The number of hydrogen-bond acceptors (Lipinski definition) is 10. The Morgan fingerprint density at radius 1 is 0.654 bits per heavy atom. The molecule has 2 aromatic heterocycles. The first kappa shape index (κ1) is 35.2. The van der Waals surface area contributed by atoms with E-state index in [0.717, 1.165) is 38.3 Å². The van der Waals surface area contributed by atoms with Crippen LogP contribution in [0.4, 0.5) is 20.2 Å². The molecule has 2 N–H and O–H groups in total. The van der Waals surface area contributed by atoms with Crippen LogP contribution in [0.3, 0.4) is 0 Å². The van der Waals surface area contributed by atoms with Gasteiger partial charge in [0.25, 0.3) is 0 Å². The maximum Gasteiger partial charge on any atom is 0.341 e. The molecular formula is C36H40F2N6O8. The average molecular weight is 723 g/mol. The van der Waals surface area contributed by atoms with Crippen molar-refractivity contribution in [1.82, 2.24) is 18.9 Å². The van der Waals surface area contributed by atoms with Gasteiger partial charge in [0, 0.05) is 64.8 Å². The lowest BCUT2D eigenvalue weighted by molar-refractivity contribution is 0.0683. The van der Waals surface area contributed by atoms with Crippen LogP contribution in [0.1, 0.15) is 46.6 Å². The highest BCUT2D eigenvalue weighted by atomic mass is 19.1.